The Morgan fingerprint density at radius 1 is 1.29 bits per heavy atom. The lowest BCUT2D eigenvalue weighted by molar-refractivity contribution is -0.139. The number of rotatable bonds is 7. The average molecular weight is 447 g/mol. The van der Waals surface area contributed by atoms with Gasteiger partial charge in [-0.3, -0.25) is 19.6 Å². The van der Waals surface area contributed by atoms with Gasteiger partial charge in [-0.15, -0.1) is 10.2 Å². The zero-order chi connectivity index (χ0) is 22.0. The molecule has 2 aromatic heterocycles. The Morgan fingerprint density at radius 2 is 2.06 bits per heavy atom. The van der Waals surface area contributed by atoms with Gasteiger partial charge in [-0.25, -0.2) is 4.79 Å². The number of furan rings is 1. The fourth-order valence-corrected chi connectivity index (χ4v) is 4.78. The van der Waals surface area contributed by atoms with E-state index in [9.17, 15) is 14.4 Å². The highest BCUT2D eigenvalue weighted by Crippen LogP contribution is 2.33. The lowest BCUT2D eigenvalue weighted by Gasteiger charge is -2.30. The van der Waals surface area contributed by atoms with Crippen molar-refractivity contribution in [1.29, 1.82) is 0 Å². The standard InChI is InChI=1S/C20H26N6O4S/c1-13(2)16-22-23-19(25(16)11-14-7-6-10-30-14)31-12-15(27)24-26-17(28)20(21-18(26)29)8-4-3-5-9-20/h6-7,10,13H,3-5,8-9,11-12H2,1-2H3,(H,21,29)(H,24,27). The van der Waals surface area contributed by atoms with Crippen molar-refractivity contribution in [1.82, 2.24) is 30.5 Å². The summed E-state index contributed by atoms with van der Waals surface area (Å²) in [5.74, 6) is 0.831. The molecule has 0 aromatic carbocycles. The van der Waals surface area contributed by atoms with Gasteiger partial charge in [0, 0.05) is 5.92 Å². The minimum Gasteiger partial charge on any atom is -0.467 e. The molecule has 2 fully saturated rings. The summed E-state index contributed by atoms with van der Waals surface area (Å²) in [6, 6.07) is 3.10. The Kier molecular flexibility index (Phi) is 6.03. The summed E-state index contributed by atoms with van der Waals surface area (Å²) in [4.78, 5) is 37.6. The number of nitrogens with one attached hydrogen (secondary N) is 2. The summed E-state index contributed by atoms with van der Waals surface area (Å²) >= 11 is 1.19. The molecule has 1 saturated carbocycles. The predicted octanol–water partition coefficient (Wildman–Crippen LogP) is 2.42. The van der Waals surface area contributed by atoms with Crippen LogP contribution >= 0.6 is 11.8 Å². The molecule has 2 aromatic rings. The van der Waals surface area contributed by atoms with Crippen LogP contribution in [0.2, 0.25) is 0 Å². The lowest BCUT2D eigenvalue weighted by atomic mass is 9.82. The first-order valence-electron chi connectivity index (χ1n) is 10.4. The van der Waals surface area contributed by atoms with Gasteiger partial charge < -0.3 is 9.73 Å². The van der Waals surface area contributed by atoms with Gasteiger partial charge in [0.25, 0.3) is 5.91 Å². The van der Waals surface area contributed by atoms with Crippen molar-refractivity contribution in [3.8, 4) is 0 Å². The molecule has 3 heterocycles. The highest BCUT2D eigenvalue weighted by molar-refractivity contribution is 7.99. The van der Waals surface area contributed by atoms with Gasteiger partial charge >= 0.3 is 6.03 Å². The van der Waals surface area contributed by atoms with Crippen molar-refractivity contribution in [2.24, 2.45) is 0 Å². The molecule has 166 valence electrons. The largest absolute Gasteiger partial charge is 0.467 e. The van der Waals surface area contributed by atoms with Gasteiger partial charge in [-0.05, 0) is 25.0 Å². The van der Waals surface area contributed by atoms with Gasteiger partial charge in [0.05, 0.1) is 18.6 Å². The van der Waals surface area contributed by atoms with E-state index in [-0.39, 0.29) is 17.6 Å². The molecule has 1 aliphatic heterocycles. The van der Waals surface area contributed by atoms with Crippen LogP contribution in [0.5, 0.6) is 0 Å². The number of aromatic nitrogens is 3. The van der Waals surface area contributed by atoms with Crippen LogP contribution in [0.15, 0.2) is 28.0 Å². The quantitative estimate of drug-likeness (QED) is 0.495. The Bertz CT molecular complexity index is 964. The molecule has 31 heavy (non-hydrogen) atoms. The zero-order valence-electron chi connectivity index (χ0n) is 17.6. The van der Waals surface area contributed by atoms with E-state index in [1.54, 1.807) is 6.26 Å². The molecular weight excluding hydrogens is 420 g/mol. The van der Waals surface area contributed by atoms with Gasteiger partial charge in [0.2, 0.25) is 5.91 Å². The van der Waals surface area contributed by atoms with Crippen LogP contribution < -0.4 is 10.7 Å². The summed E-state index contributed by atoms with van der Waals surface area (Å²) in [6.45, 7) is 4.48. The van der Waals surface area contributed by atoms with Crippen molar-refractivity contribution >= 4 is 29.6 Å². The molecule has 2 N–H and O–H groups in total. The topological polar surface area (TPSA) is 122 Å². The number of hydrogen-bond acceptors (Lipinski definition) is 7. The van der Waals surface area contributed by atoms with Gasteiger partial charge in [0.1, 0.15) is 17.1 Å². The third-order valence-corrected chi connectivity index (χ3v) is 6.56. The van der Waals surface area contributed by atoms with Crippen LogP contribution in [-0.2, 0) is 16.1 Å². The van der Waals surface area contributed by atoms with E-state index in [1.165, 1.54) is 11.8 Å². The molecule has 1 spiro atoms. The SMILES string of the molecule is CC(C)c1nnc(SCC(=O)NN2C(=O)NC3(CCCCC3)C2=O)n1Cc1ccco1. The van der Waals surface area contributed by atoms with Crippen molar-refractivity contribution < 1.29 is 18.8 Å². The number of hydrogen-bond donors (Lipinski definition) is 2. The first-order valence-corrected chi connectivity index (χ1v) is 11.4. The Morgan fingerprint density at radius 3 is 2.74 bits per heavy atom. The highest BCUT2D eigenvalue weighted by atomic mass is 32.2. The van der Waals surface area contributed by atoms with E-state index >= 15 is 0 Å². The highest BCUT2D eigenvalue weighted by Gasteiger charge is 2.52. The fraction of sp³-hybridized carbons (Fsp3) is 0.550. The zero-order valence-corrected chi connectivity index (χ0v) is 18.4. The third kappa shape index (κ3) is 4.32. The molecule has 1 aliphatic carbocycles. The van der Waals surface area contributed by atoms with Crippen LogP contribution in [0.3, 0.4) is 0 Å². The molecular formula is C20H26N6O4S. The van der Waals surface area contributed by atoms with Crippen LogP contribution in [-0.4, -0.2) is 48.9 Å². The number of urea groups is 1. The third-order valence-electron chi connectivity index (χ3n) is 5.59. The Hall–Kier alpha value is -2.82. The maximum Gasteiger partial charge on any atom is 0.344 e. The normalized spacial score (nSPS) is 18.1. The van der Waals surface area contributed by atoms with Crippen molar-refractivity contribution in [2.45, 2.75) is 69.1 Å². The molecule has 1 saturated heterocycles. The van der Waals surface area contributed by atoms with Gasteiger partial charge in [0.15, 0.2) is 5.16 Å². The molecule has 0 bridgehead atoms. The molecule has 11 heteroatoms. The van der Waals surface area contributed by atoms with E-state index < -0.39 is 17.5 Å². The second-order valence-electron chi connectivity index (χ2n) is 8.20. The van der Waals surface area contributed by atoms with Crippen molar-refractivity contribution in [3.63, 3.8) is 0 Å². The Labute approximate surface area is 184 Å². The number of carbonyl (C=O) groups is 3. The number of hydrazine groups is 1. The molecule has 0 unspecified atom stereocenters. The summed E-state index contributed by atoms with van der Waals surface area (Å²) in [7, 11) is 0. The first kappa shape index (κ1) is 21.4. The summed E-state index contributed by atoms with van der Waals surface area (Å²) in [5, 5.41) is 12.6. The second kappa shape index (κ2) is 8.74. The first-order chi connectivity index (χ1) is 14.9. The minimum atomic E-state index is -0.870. The molecule has 2 aliphatic rings. The predicted molar refractivity (Wildman–Crippen MR) is 112 cm³/mol. The van der Waals surface area contributed by atoms with Crippen molar-refractivity contribution in [2.75, 3.05) is 5.75 Å². The van der Waals surface area contributed by atoms with Gasteiger partial charge in [-0.2, -0.15) is 5.01 Å². The number of amides is 4. The molecule has 4 amide bonds. The molecule has 0 atom stereocenters. The summed E-state index contributed by atoms with van der Waals surface area (Å²) in [5.41, 5.74) is 1.58. The summed E-state index contributed by atoms with van der Waals surface area (Å²) < 4.78 is 7.34. The van der Waals surface area contributed by atoms with Crippen LogP contribution in [0.4, 0.5) is 4.79 Å². The smallest absolute Gasteiger partial charge is 0.344 e. The van der Waals surface area contributed by atoms with Crippen LogP contribution in [0.1, 0.15) is 63.5 Å². The monoisotopic (exact) mass is 446 g/mol. The maximum atomic E-state index is 12.8. The molecule has 4 rings (SSSR count). The van der Waals surface area contributed by atoms with E-state index in [0.717, 1.165) is 35.9 Å². The lowest BCUT2D eigenvalue weighted by Crippen LogP contribution is -2.51. The number of nitrogens with zero attached hydrogens (tertiary/aromatic N) is 4. The van der Waals surface area contributed by atoms with E-state index in [1.807, 2.05) is 30.5 Å². The van der Waals surface area contributed by atoms with E-state index in [0.29, 0.717) is 24.5 Å². The fourth-order valence-electron chi connectivity index (χ4n) is 4.04. The van der Waals surface area contributed by atoms with Gasteiger partial charge in [-0.1, -0.05) is 44.9 Å². The maximum absolute atomic E-state index is 12.8. The molecule has 0 radical (unpaired) electrons. The minimum absolute atomic E-state index is 0.0154. The average Bonchev–Trinajstić information content (AvgIpc) is 3.45. The number of carbonyl (C=O) groups excluding carboxylic acids is 3. The van der Waals surface area contributed by atoms with E-state index in [4.69, 9.17) is 4.42 Å². The van der Waals surface area contributed by atoms with Crippen molar-refractivity contribution in [3.05, 3.63) is 30.0 Å². The second-order valence-corrected chi connectivity index (χ2v) is 9.14. The van der Waals surface area contributed by atoms with Crippen LogP contribution in [0, 0.1) is 0 Å². The number of thioether (sulfide) groups is 1. The summed E-state index contributed by atoms with van der Waals surface area (Å²) in [6.07, 6.45) is 5.62. The Balaban J connectivity index is 1.40. The van der Waals surface area contributed by atoms with Crippen LogP contribution in [0.25, 0.3) is 0 Å². The van der Waals surface area contributed by atoms with E-state index in [2.05, 4.69) is 20.9 Å². The number of imide groups is 1. The molecule has 10 nitrogen and oxygen atoms in total.